The molecular weight excluding hydrogens is 310 g/mol. The van der Waals surface area contributed by atoms with Crippen LogP contribution >= 0.6 is 12.4 Å². The number of fused-ring (bicyclic) bond motifs is 1. The summed E-state index contributed by atoms with van der Waals surface area (Å²) in [6.45, 7) is 6.19. The number of amides is 1. The fraction of sp³-hybridized carbons (Fsp3) is 0.611. The van der Waals surface area contributed by atoms with Crippen molar-refractivity contribution in [3.05, 3.63) is 35.4 Å². The maximum absolute atomic E-state index is 12.3. The molecule has 1 amide bonds. The number of nitrogens with one attached hydrogen (secondary N) is 2. The molecule has 2 aliphatic rings. The molecule has 1 aromatic carbocycles. The second-order valence-electron chi connectivity index (χ2n) is 6.55. The zero-order valence-electron chi connectivity index (χ0n) is 13.9. The summed E-state index contributed by atoms with van der Waals surface area (Å²) in [5.41, 5.74) is 2.72. The quantitative estimate of drug-likeness (QED) is 0.886. The first-order valence-electron chi connectivity index (χ1n) is 8.56. The largest absolute Gasteiger partial charge is 0.349 e. The molecule has 1 heterocycles. The van der Waals surface area contributed by atoms with Gasteiger partial charge >= 0.3 is 0 Å². The topological polar surface area (TPSA) is 44.4 Å². The molecule has 1 aliphatic heterocycles. The molecule has 1 saturated heterocycles. The molecule has 0 spiro atoms. The average Bonchev–Trinajstić information content (AvgIpc) is 2.54. The molecule has 0 saturated carbocycles. The van der Waals surface area contributed by atoms with Crippen LogP contribution in [-0.4, -0.2) is 43.0 Å². The van der Waals surface area contributed by atoms with E-state index in [0.717, 1.165) is 45.4 Å². The van der Waals surface area contributed by atoms with Crippen molar-refractivity contribution in [1.29, 1.82) is 0 Å². The van der Waals surface area contributed by atoms with Gasteiger partial charge in [-0.15, -0.1) is 12.4 Å². The minimum absolute atomic E-state index is 0. The normalized spacial score (nSPS) is 24.4. The number of carbonyl (C=O) groups excluding carboxylic acids is 1. The summed E-state index contributed by atoms with van der Waals surface area (Å²) in [5.74, 6) is 0.187. The van der Waals surface area contributed by atoms with Gasteiger partial charge in [0.15, 0.2) is 0 Å². The molecular formula is C18H28ClN3O. The lowest BCUT2D eigenvalue weighted by atomic mass is 9.87. The molecule has 1 aliphatic carbocycles. The molecule has 5 heteroatoms. The molecule has 23 heavy (non-hydrogen) atoms. The van der Waals surface area contributed by atoms with E-state index < -0.39 is 0 Å². The van der Waals surface area contributed by atoms with Gasteiger partial charge < -0.3 is 10.6 Å². The van der Waals surface area contributed by atoms with Crippen molar-refractivity contribution in [2.45, 2.75) is 44.7 Å². The zero-order valence-corrected chi connectivity index (χ0v) is 14.7. The van der Waals surface area contributed by atoms with E-state index in [1.807, 2.05) is 0 Å². The van der Waals surface area contributed by atoms with E-state index in [1.165, 1.54) is 11.1 Å². The van der Waals surface area contributed by atoms with Crippen LogP contribution in [0.1, 0.15) is 43.4 Å². The van der Waals surface area contributed by atoms with Crippen molar-refractivity contribution in [3.63, 3.8) is 0 Å². The third kappa shape index (κ3) is 4.69. The van der Waals surface area contributed by atoms with Crippen LogP contribution in [0, 0.1) is 0 Å². The van der Waals surface area contributed by atoms with E-state index in [2.05, 4.69) is 46.7 Å². The Balaban J connectivity index is 0.00000192. The number of carbonyl (C=O) groups is 1. The van der Waals surface area contributed by atoms with E-state index in [1.54, 1.807) is 0 Å². The van der Waals surface area contributed by atoms with Gasteiger partial charge in [-0.05, 0) is 37.3 Å². The SMILES string of the molecule is C[C@H]1CNCCN1CCC(=O)NC1CCCc2ccccc21.Cl. The van der Waals surface area contributed by atoms with Crippen LogP contribution in [0.25, 0.3) is 0 Å². The molecule has 2 atom stereocenters. The number of hydrogen-bond acceptors (Lipinski definition) is 3. The van der Waals surface area contributed by atoms with Gasteiger partial charge in [-0.25, -0.2) is 0 Å². The lowest BCUT2D eigenvalue weighted by molar-refractivity contribution is -0.122. The van der Waals surface area contributed by atoms with Gasteiger partial charge in [-0.3, -0.25) is 9.69 Å². The second kappa shape index (κ2) is 8.67. The Morgan fingerprint density at radius 1 is 1.39 bits per heavy atom. The van der Waals surface area contributed by atoms with Gasteiger partial charge in [0.2, 0.25) is 5.91 Å². The molecule has 4 nitrogen and oxygen atoms in total. The fourth-order valence-electron chi connectivity index (χ4n) is 3.63. The number of hydrogen-bond donors (Lipinski definition) is 2. The van der Waals surface area contributed by atoms with Crippen LogP contribution < -0.4 is 10.6 Å². The van der Waals surface area contributed by atoms with E-state index in [4.69, 9.17) is 0 Å². The maximum Gasteiger partial charge on any atom is 0.221 e. The minimum Gasteiger partial charge on any atom is -0.349 e. The minimum atomic E-state index is 0. The molecule has 0 bridgehead atoms. The third-order valence-electron chi connectivity index (χ3n) is 4.97. The van der Waals surface area contributed by atoms with E-state index in [-0.39, 0.29) is 24.4 Å². The third-order valence-corrected chi connectivity index (χ3v) is 4.97. The van der Waals surface area contributed by atoms with Crippen LogP contribution in [0.15, 0.2) is 24.3 Å². The molecule has 3 rings (SSSR count). The lowest BCUT2D eigenvalue weighted by Gasteiger charge is -2.34. The van der Waals surface area contributed by atoms with Crippen molar-refractivity contribution in [2.75, 3.05) is 26.2 Å². The van der Waals surface area contributed by atoms with Gasteiger partial charge in [-0.1, -0.05) is 24.3 Å². The second-order valence-corrected chi connectivity index (χ2v) is 6.55. The summed E-state index contributed by atoms with van der Waals surface area (Å²) in [6, 6.07) is 9.25. The average molecular weight is 338 g/mol. The number of rotatable bonds is 4. The summed E-state index contributed by atoms with van der Waals surface area (Å²) in [7, 11) is 0. The number of benzene rings is 1. The Hall–Kier alpha value is -1.10. The zero-order chi connectivity index (χ0) is 15.4. The molecule has 0 aromatic heterocycles. The van der Waals surface area contributed by atoms with Crippen LogP contribution in [0.3, 0.4) is 0 Å². The molecule has 1 unspecified atom stereocenters. The Kier molecular flexibility index (Phi) is 6.88. The summed E-state index contributed by atoms with van der Waals surface area (Å²) in [5, 5.41) is 6.63. The monoisotopic (exact) mass is 337 g/mol. The number of aryl methyl sites for hydroxylation is 1. The first-order valence-corrected chi connectivity index (χ1v) is 8.56. The van der Waals surface area contributed by atoms with Crippen LogP contribution in [0.4, 0.5) is 0 Å². The van der Waals surface area contributed by atoms with Crippen LogP contribution in [0.5, 0.6) is 0 Å². The molecule has 0 radical (unpaired) electrons. The maximum atomic E-state index is 12.3. The number of nitrogens with zero attached hydrogens (tertiary/aromatic N) is 1. The van der Waals surface area contributed by atoms with Crippen molar-refractivity contribution < 1.29 is 4.79 Å². The summed E-state index contributed by atoms with van der Waals surface area (Å²) in [6.07, 6.45) is 3.97. The highest BCUT2D eigenvalue weighted by Gasteiger charge is 2.22. The highest BCUT2D eigenvalue weighted by molar-refractivity contribution is 5.85. The number of halogens is 1. The first-order chi connectivity index (χ1) is 10.7. The van der Waals surface area contributed by atoms with Crippen molar-refractivity contribution in [2.24, 2.45) is 0 Å². The summed E-state index contributed by atoms with van der Waals surface area (Å²) >= 11 is 0. The van der Waals surface area contributed by atoms with Crippen molar-refractivity contribution >= 4 is 18.3 Å². The molecule has 2 N–H and O–H groups in total. The predicted octanol–water partition coefficient (Wildman–Crippen LogP) is 2.29. The fourth-order valence-corrected chi connectivity index (χ4v) is 3.63. The van der Waals surface area contributed by atoms with E-state index in [0.29, 0.717) is 12.5 Å². The molecule has 1 fully saturated rings. The van der Waals surface area contributed by atoms with E-state index in [9.17, 15) is 4.79 Å². The van der Waals surface area contributed by atoms with Crippen LogP contribution in [-0.2, 0) is 11.2 Å². The molecule has 1 aromatic rings. The lowest BCUT2D eigenvalue weighted by Crippen LogP contribution is -2.50. The van der Waals surface area contributed by atoms with Gasteiger partial charge in [0.05, 0.1) is 6.04 Å². The Bertz CT molecular complexity index is 523. The smallest absolute Gasteiger partial charge is 0.221 e. The predicted molar refractivity (Wildman–Crippen MR) is 96.0 cm³/mol. The van der Waals surface area contributed by atoms with Crippen molar-refractivity contribution in [1.82, 2.24) is 15.5 Å². The molecule has 128 valence electrons. The van der Waals surface area contributed by atoms with E-state index >= 15 is 0 Å². The standard InChI is InChI=1S/C18H27N3O.ClH/c1-14-13-19-10-12-21(14)11-9-18(22)20-17-8-4-6-15-5-2-3-7-16(15)17;/h2-3,5,7,14,17,19H,4,6,8-13H2,1H3,(H,20,22);1H/t14-,17?;/m0./s1. The van der Waals surface area contributed by atoms with Gasteiger partial charge in [-0.2, -0.15) is 0 Å². The van der Waals surface area contributed by atoms with Gasteiger partial charge in [0.1, 0.15) is 0 Å². The van der Waals surface area contributed by atoms with Gasteiger partial charge in [0.25, 0.3) is 0 Å². The number of piperazine rings is 1. The van der Waals surface area contributed by atoms with Gasteiger partial charge in [0, 0.05) is 38.6 Å². The van der Waals surface area contributed by atoms with Crippen molar-refractivity contribution in [3.8, 4) is 0 Å². The first kappa shape index (κ1) is 18.2. The summed E-state index contributed by atoms with van der Waals surface area (Å²) in [4.78, 5) is 14.7. The van der Waals surface area contributed by atoms with Crippen LogP contribution in [0.2, 0.25) is 0 Å². The Labute approximate surface area is 145 Å². The highest BCUT2D eigenvalue weighted by atomic mass is 35.5. The Morgan fingerprint density at radius 3 is 3.04 bits per heavy atom. The highest BCUT2D eigenvalue weighted by Crippen LogP contribution is 2.29. The summed E-state index contributed by atoms with van der Waals surface area (Å²) < 4.78 is 0. The Morgan fingerprint density at radius 2 is 2.22 bits per heavy atom.